The lowest BCUT2D eigenvalue weighted by atomic mass is 9.94. The largest absolute Gasteiger partial charge is 0.488 e. The van der Waals surface area contributed by atoms with Gasteiger partial charge in [-0.05, 0) is 56.9 Å². The molecule has 0 bridgehead atoms. The van der Waals surface area contributed by atoms with Gasteiger partial charge in [0.05, 0.1) is 5.92 Å². The number of benzene rings is 1. The molecule has 2 aliphatic heterocycles. The van der Waals surface area contributed by atoms with Gasteiger partial charge in [0.2, 0.25) is 5.91 Å². The number of nitrogens with two attached hydrogens (primary N) is 1. The maximum atomic E-state index is 11.3. The van der Waals surface area contributed by atoms with Gasteiger partial charge in [0.15, 0.2) is 0 Å². The first kappa shape index (κ1) is 13.3. The average molecular weight is 274 g/mol. The van der Waals surface area contributed by atoms with Crippen LogP contribution < -0.4 is 15.4 Å². The Labute approximate surface area is 119 Å². The molecule has 1 fully saturated rings. The van der Waals surface area contributed by atoms with E-state index >= 15 is 0 Å². The molecule has 0 saturated carbocycles. The van der Waals surface area contributed by atoms with E-state index in [1.165, 1.54) is 11.3 Å². The van der Waals surface area contributed by atoms with Gasteiger partial charge in [0, 0.05) is 18.8 Å². The number of carbonyl (C=O) groups excluding carboxylic acids is 1. The number of rotatable bonds is 2. The van der Waals surface area contributed by atoms with E-state index in [4.69, 9.17) is 10.5 Å². The Balaban J connectivity index is 1.79. The Hall–Kier alpha value is -1.71. The minimum absolute atomic E-state index is 0.0128. The molecule has 2 N–H and O–H groups in total. The van der Waals surface area contributed by atoms with Gasteiger partial charge in [0.25, 0.3) is 0 Å². The summed E-state index contributed by atoms with van der Waals surface area (Å²) in [6.45, 7) is 5.89. The van der Waals surface area contributed by atoms with Gasteiger partial charge in [-0.25, -0.2) is 0 Å². The van der Waals surface area contributed by atoms with E-state index in [1.54, 1.807) is 0 Å². The SMILES string of the molecule is CC1(C)CCc2cc(N3CCC(C(N)=O)C3)ccc2O1. The van der Waals surface area contributed by atoms with Crippen molar-refractivity contribution >= 4 is 11.6 Å². The van der Waals surface area contributed by atoms with Crippen molar-refractivity contribution in [3.05, 3.63) is 23.8 Å². The van der Waals surface area contributed by atoms with Crippen LogP contribution in [0.3, 0.4) is 0 Å². The van der Waals surface area contributed by atoms with Crippen molar-refractivity contribution in [1.29, 1.82) is 0 Å². The lowest BCUT2D eigenvalue weighted by molar-refractivity contribution is -0.121. The van der Waals surface area contributed by atoms with Crippen molar-refractivity contribution in [1.82, 2.24) is 0 Å². The minimum Gasteiger partial charge on any atom is -0.488 e. The summed E-state index contributed by atoms with van der Waals surface area (Å²) in [7, 11) is 0. The Morgan fingerprint density at radius 1 is 1.45 bits per heavy atom. The van der Waals surface area contributed by atoms with Gasteiger partial charge in [0.1, 0.15) is 11.4 Å². The van der Waals surface area contributed by atoms with E-state index in [-0.39, 0.29) is 17.4 Å². The van der Waals surface area contributed by atoms with Crippen LogP contribution in [0.5, 0.6) is 5.75 Å². The molecule has 1 unspecified atom stereocenters. The van der Waals surface area contributed by atoms with Gasteiger partial charge in [-0.3, -0.25) is 4.79 Å². The van der Waals surface area contributed by atoms with E-state index < -0.39 is 0 Å². The monoisotopic (exact) mass is 274 g/mol. The van der Waals surface area contributed by atoms with Crippen LogP contribution in [0, 0.1) is 5.92 Å². The highest BCUT2D eigenvalue weighted by Gasteiger charge is 2.29. The molecule has 1 amide bonds. The first-order valence-electron chi connectivity index (χ1n) is 7.31. The first-order valence-corrected chi connectivity index (χ1v) is 7.31. The molecular weight excluding hydrogens is 252 g/mol. The van der Waals surface area contributed by atoms with Gasteiger partial charge in [-0.1, -0.05) is 0 Å². The van der Waals surface area contributed by atoms with Crippen LogP contribution in [0.4, 0.5) is 5.69 Å². The summed E-state index contributed by atoms with van der Waals surface area (Å²) in [4.78, 5) is 13.5. The van der Waals surface area contributed by atoms with Crippen molar-refractivity contribution in [2.75, 3.05) is 18.0 Å². The van der Waals surface area contributed by atoms with E-state index in [1.807, 2.05) is 0 Å². The summed E-state index contributed by atoms with van der Waals surface area (Å²) < 4.78 is 6.00. The number of hydrogen-bond acceptors (Lipinski definition) is 3. The summed E-state index contributed by atoms with van der Waals surface area (Å²) in [6, 6.07) is 6.35. The number of ether oxygens (including phenoxy) is 1. The number of primary amides is 1. The van der Waals surface area contributed by atoms with Crippen molar-refractivity contribution in [2.24, 2.45) is 11.7 Å². The number of carbonyl (C=O) groups is 1. The van der Waals surface area contributed by atoms with E-state index in [0.717, 1.165) is 38.1 Å². The Kier molecular flexibility index (Phi) is 3.11. The topological polar surface area (TPSA) is 55.6 Å². The summed E-state index contributed by atoms with van der Waals surface area (Å²) in [5.41, 5.74) is 7.77. The van der Waals surface area contributed by atoms with Crippen molar-refractivity contribution in [3.8, 4) is 5.75 Å². The predicted octanol–water partition coefficient (Wildman–Crippen LogP) is 2.10. The van der Waals surface area contributed by atoms with Crippen LogP contribution in [-0.4, -0.2) is 24.6 Å². The van der Waals surface area contributed by atoms with Gasteiger partial charge >= 0.3 is 0 Å². The van der Waals surface area contributed by atoms with Crippen LogP contribution in [0.15, 0.2) is 18.2 Å². The van der Waals surface area contributed by atoms with E-state index in [2.05, 4.69) is 36.9 Å². The molecule has 1 aromatic rings. The summed E-state index contributed by atoms with van der Waals surface area (Å²) >= 11 is 0. The molecule has 4 nitrogen and oxygen atoms in total. The third-order valence-electron chi connectivity index (χ3n) is 4.38. The Morgan fingerprint density at radius 2 is 2.25 bits per heavy atom. The zero-order valence-electron chi connectivity index (χ0n) is 12.2. The third-order valence-corrected chi connectivity index (χ3v) is 4.38. The predicted molar refractivity (Wildman–Crippen MR) is 79.0 cm³/mol. The quantitative estimate of drug-likeness (QED) is 0.898. The summed E-state index contributed by atoms with van der Waals surface area (Å²) in [5, 5.41) is 0. The maximum absolute atomic E-state index is 11.3. The lowest BCUT2D eigenvalue weighted by Crippen LogP contribution is -2.32. The highest BCUT2D eigenvalue weighted by molar-refractivity contribution is 5.78. The van der Waals surface area contributed by atoms with E-state index in [9.17, 15) is 4.79 Å². The van der Waals surface area contributed by atoms with Crippen LogP contribution in [0.2, 0.25) is 0 Å². The smallest absolute Gasteiger partial charge is 0.222 e. The van der Waals surface area contributed by atoms with Crippen LogP contribution in [0.25, 0.3) is 0 Å². The molecule has 0 radical (unpaired) electrons. The van der Waals surface area contributed by atoms with Gasteiger partial charge in [-0.2, -0.15) is 0 Å². The van der Waals surface area contributed by atoms with Crippen LogP contribution >= 0.6 is 0 Å². The molecule has 20 heavy (non-hydrogen) atoms. The number of anilines is 1. The molecule has 4 heteroatoms. The second-order valence-electron chi connectivity index (χ2n) is 6.49. The number of nitrogens with zero attached hydrogens (tertiary/aromatic N) is 1. The third kappa shape index (κ3) is 2.47. The summed E-state index contributed by atoms with van der Waals surface area (Å²) in [6.07, 6.45) is 2.94. The van der Waals surface area contributed by atoms with E-state index in [0.29, 0.717) is 0 Å². The molecule has 1 atom stereocenters. The van der Waals surface area contributed by atoms with Crippen LogP contribution in [-0.2, 0) is 11.2 Å². The molecule has 108 valence electrons. The number of hydrogen-bond donors (Lipinski definition) is 1. The Bertz CT molecular complexity index is 539. The van der Waals surface area contributed by atoms with Crippen molar-refractivity contribution in [2.45, 2.75) is 38.7 Å². The highest BCUT2D eigenvalue weighted by atomic mass is 16.5. The lowest BCUT2D eigenvalue weighted by Gasteiger charge is -2.33. The standard InChI is InChI=1S/C16H22N2O2/c1-16(2)7-5-11-9-13(3-4-14(11)20-16)18-8-6-12(10-18)15(17)19/h3-4,9,12H,5-8,10H2,1-2H3,(H2,17,19). The summed E-state index contributed by atoms with van der Waals surface area (Å²) in [5.74, 6) is 0.799. The zero-order chi connectivity index (χ0) is 14.3. The van der Waals surface area contributed by atoms with Crippen molar-refractivity contribution < 1.29 is 9.53 Å². The van der Waals surface area contributed by atoms with Gasteiger partial charge in [-0.15, -0.1) is 0 Å². The fourth-order valence-corrected chi connectivity index (χ4v) is 3.07. The average Bonchev–Trinajstić information content (AvgIpc) is 2.87. The molecule has 1 aromatic carbocycles. The fraction of sp³-hybridized carbons (Fsp3) is 0.562. The maximum Gasteiger partial charge on any atom is 0.222 e. The number of aryl methyl sites for hydroxylation is 1. The highest BCUT2D eigenvalue weighted by Crippen LogP contribution is 2.36. The fourth-order valence-electron chi connectivity index (χ4n) is 3.07. The molecule has 0 aliphatic carbocycles. The number of amides is 1. The molecule has 2 heterocycles. The van der Waals surface area contributed by atoms with Crippen LogP contribution in [0.1, 0.15) is 32.3 Å². The molecule has 0 aromatic heterocycles. The number of fused-ring (bicyclic) bond motifs is 1. The Morgan fingerprint density at radius 3 is 2.95 bits per heavy atom. The molecule has 2 aliphatic rings. The molecule has 1 saturated heterocycles. The zero-order valence-corrected chi connectivity index (χ0v) is 12.2. The normalized spacial score (nSPS) is 24.1. The molecule has 0 spiro atoms. The second-order valence-corrected chi connectivity index (χ2v) is 6.49. The molecule has 3 rings (SSSR count). The second kappa shape index (κ2) is 4.69. The minimum atomic E-state index is -0.185. The van der Waals surface area contributed by atoms with Gasteiger partial charge < -0.3 is 15.4 Å². The first-order chi connectivity index (χ1) is 9.44. The molecular formula is C16H22N2O2. The van der Waals surface area contributed by atoms with Crippen molar-refractivity contribution in [3.63, 3.8) is 0 Å².